The number of aryl methyl sites for hydroxylation is 1. The van der Waals surface area contributed by atoms with Gasteiger partial charge in [-0.15, -0.1) is 0 Å². The molecule has 2 N–H and O–H groups in total. The van der Waals surface area contributed by atoms with Crippen LogP contribution in [0, 0.1) is 0 Å². The van der Waals surface area contributed by atoms with E-state index < -0.39 is 5.91 Å². The molecule has 2 rings (SSSR count). The summed E-state index contributed by atoms with van der Waals surface area (Å²) in [5.41, 5.74) is 8.13. The molecule has 0 aliphatic carbocycles. The highest BCUT2D eigenvalue weighted by molar-refractivity contribution is 6.04. The lowest BCUT2D eigenvalue weighted by atomic mass is 10.1. The zero-order valence-corrected chi connectivity index (χ0v) is 9.19. The molecule has 4 heteroatoms. The van der Waals surface area contributed by atoms with Gasteiger partial charge in [0.25, 0.3) is 0 Å². The first-order valence-corrected chi connectivity index (χ1v) is 5.32. The number of anilines is 1. The molecule has 1 aliphatic rings. The average Bonchev–Trinajstić information content (AvgIpc) is 2.54. The second-order valence-electron chi connectivity index (χ2n) is 3.94. The van der Waals surface area contributed by atoms with Crippen molar-refractivity contribution in [2.45, 2.75) is 19.8 Å². The van der Waals surface area contributed by atoms with Gasteiger partial charge in [0.05, 0.1) is 6.42 Å². The van der Waals surface area contributed by atoms with Crippen molar-refractivity contribution in [3.05, 3.63) is 29.3 Å². The predicted octanol–water partition coefficient (Wildman–Crippen LogP) is 0.623. The Balaban J connectivity index is 2.34. The maximum Gasteiger partial charge on any atom is 0.237 e. The van der Waals surface area contributed by atoms with Crippen LogP contribution in [-0.4, -0.2) is 18.4 Å². The van der Waals surface area contributed by atoms with Crippen molar-refractivity contribution >= 4 is 17.5 Å². The lowest BCUT2D eigenvalue weighted by Gasteiger charge is -2.15. The molecule has 0 radical (unpaired) electrons. The quantitative estimate of drug-likeness (QED) is 0.808. The van der Waals surface area contributed by atoms with E-state index in [0.29, 0.717) is 6.42 Å². The first-order chi connectivity index (χ1) is 7.61. The van der Waals surface area contributed by atoms with Crippen LogP contribution in [0.15, 0.2) is 18.2 Å². The number of nitrogens with two attached hydrogens (primary N) is 1. The summed E-state index contributed by atoms with van der Waals surface area (Å²) in [6.45, 7) is 2.04. The monoisotopic (exact) mass is 218 g/mol. The summed E-state index contributed by atoms with van der Waals surface area (Å²) >= 11 is 0. The molecule has 0 unspecified atom stereocenters. The minimum absolute atomic E-state index is 0.0305. The summed E-state index contributed by atoms with van der Waals surface area (Å²) in [5.74, 6) is -0.539. The van der Waals surface area contributed by atoms with Crippen molar-refractivity contribution in [3.8, 4) is 0 Å². The molecule has 16 heavy (non-hydrogen) atoms. The van der Waals surface area contributed by atoms with Crippen molar-refractivity contribution in [3.63, 3.8) is 0 Å². The Labute approximate surface area is 94.0 Å². The van der Waals surface area contributed by atoms with Gasteiger partial charge in [0.1, 0.15) is 6.54 Å². The predicted molar refractivity (Wildman–Crippen MR) is 61.1 cm³/mol. The van der Waals surface area contributed by atoms with Crippen LogP contribution < -0.4 is 10.6 Å². The Bertz CT molecular complexity index is 454. The number of benzene rings is 1. The Hall–Kier alpha value is -1.84. The lowest BCUT2D eigenvalue weighted by molar-refractivity contribution is -0.121. The molecule has 0 spiro atoms. The van der Waals surface area contributed by atoms with Gasteiger partial charge in [-0.3, -0.25) is 9.59 Å². The number of fused-ring (bicyclic) bond motifs is 1. The van der Waals surface area contributed by atoms with E-state index in [-0.39, 0.29) is 12.5 Å². The minimum atomic E-state index is -0.485. The maximum absolute atomic E-state index is 11.7. The third kappa shape index (κ3) is 1.78. The molecule has 1 aromatic carbocycles. The maximum atomic E-state index is 11.7. The third-order valence-electron chi connectivity index (χ3n) is 2.80. The van der Waals surface area contributed by atoms with Crippen LogP contribution in [0.4, 0.5) is 5.69 Å². The van der Waals surface area contributed by atoms with Crippen molar-refractivity contribution in [2.24, 2.45) is 5.73 Å². The van der Waals surface area contributed by atoms with Crippen LogP contribution in [0.2, 0.25) is 0 Å². The Kier molecular flexibility index (Phi) is 2.64. The van der Waals surface area contributed by atoms with Crippen LogP contribution >= 0.6 is 0 Å². The summed E-state index contributed by atoms with van der Waals surface area (Å²) in [7, 11) is 0. The number of primary amides is 1. The van der Waals surface area contributed by atoms with E-state index in [2.05, 4.69) is 6.92 Å². The molecule has 1 aliphatic heterocycles. The van der Waals surface area contributed by atoms with Crippen LogP contribution in [0.3, 0.4) is 0 Å². The van der Waals surface area contributed by atoms with Gasteiger partial charge in [0.2, 0.25) is 11.8 Å². The van der Waals surface area contributed by atoms with E-state index in [1.54, 1.807) is 0 Å². The smallest absolute Gasteiger partial charge is 0.237 e. The summed E-state index contributed by atoms with van der Waals surface area (Å²) < 4.78 is 0. The van der Waals surface area contributed by atoms with Crippen molar-refractivity contribution in [1.82, 2.24) is 0 Å². The molecule has 0 saturated heterocycles. The Morgan fingerprint density at radius 1 is 1.50 bits per heavy atom. The second-order valence-corrected chi connectivity index (χ2v) is 3.94. The number of hydrogen-bond acceptors (Lipinski definition) is 2. The van der Waals surface area contributed by atoms with Crippen LogP contribution in [0.25, 0.3) is 0 Å². The van der Waals surface area contributed by atoms with Gasteiger partial charge in [0.15, 0.2) is 0 Å². The van der Waals surface area contributed by atoms with E-state index in [0.717, 1.165) is 17.7 Å². The number of amides is 2. The fourth-order valence-electron chi connectivity index (χ4n) is 1.99. The highest BCUT2D eigenvalue weighted by atomic mass is 16.2. The van der Waals surface area contributed by atoms with Gasteiger partial charge >= 0.3 is 0 Å². The highest BCUT2D eigenvalue weighted by Crippen LogP contribution is 2.29. The molecule has 1 aromatic rings. The first kappa shape index (κ1) is 10.7. The number of carbonyl (C=O) groups is 2. The molecule has 0 saturated carbocycles. The normalized spacial score (nSPS) is 14.1. The first-order valence-electron chi connectivity index (χ1n) is 5.32. The minimum Gasteiger partial charge on any atom is -0.368 e. The van der Waals surface area contributed by atoms with Crippen molar-refractivity contribution in [2.75, 3.05) is 11.4 Å². The van der Waals surface area contributed by atoms with Gasteiger partial charge in [-0.1, -0.05) is 19.1 Å². The van der Waals surface area contributed by atoms with E-state index in [1.807, 2.05) is 18.2 Å². The van der Waals surface area contributed by atoms with Crippen LogP contribution in [0.1, 0.15) is 18.1 Å². The highest BCUT2D eigenvalue weighted by Gasteiger charge is 2.28. The number of nitrogens with zero attached hydrogens (tertiary/aromatic N) is 1. The van der Waals surface area contributed by atoms with E-state index in [1.165, 1.54) is 10.5 Å². The largest absolute Gasteiger partial charge is 0.368 e. The molecule has 2 amide bonds. The fraction of sp³-hybridized carbons (Fsp3) is 0.333. The topological polar surface area (TPSA) is 63.4 Å². The summed E-state index contributed by atoms with van der Waals surface area (Å²) in [6.07, 6.45) is 1.31. The second kappa shape index (κ2) is 3.96. The lowest BCUT2D eigenvalue weighted by Crippen LogP contribution is -2.35. The molecule has 1 heterocycles. The Morgan fingerprint density at radius 2 is 2.25 bits per heavy atom. The van der Waals surface area contributed by atoms with Gasteiger partial charge in [-0.05, 0) is 23.6 Å². The fourth-order valence-corrected chi connectivity index (χ4v) is 1.99. The average molecular weight is 218 g/mol. The van der Waals surface area contributed by atoms with Crippen molar-refractivity contribution < 1.29 is 9.59 Å². The number of rotatable bonds is 3. The third-order valence-corrected chi connectivity index (χ3v) is 2.80. The van der Waals surface area contributed by atoms with Gasteiger partial charge in [-0.2, -0.15) is 0 Å². The molecule has 0 aromatic heterocycles. The van der Waals surface area contributed by atoms with E-state index in [9.17, 15) is 9.59 Å². The summed E-state index contributed by atoms with van der Waals surface area (Å²) in [6, 6.07) is 5.89. The molecule has 84 valence electrons. The number of hydrogen-bond donors (Lipinski definition) is 1. The zero-order chi connectivity index (χ0) is 11.7. The molecule has 0 fully saturated rings. The molecular formula is C12H14N2O2. The zero-order valence-electron chi connectivity index (χ0n) is 9.19. The van der Waals surface area contributed by atoms with Crippen LogP contribution in [-0.2, 0) is 22.4 Å². The number of carbonyl (C=O) groups excluding carboxylic acids is 2. The van der Waals surface area contributed by atoms with Crippen molar-refractivity contribution in [1.29, 1.82) is 0 Å². The van der Waals surface area contributed by atoms with Crippen LogP contribution in [0.5, 0.6) is 0 Å². The van der Waals surface area contributed by atoms with Gasteiger partial charge in [-0.25, -0.2) is 0 Å². The van der Waals surface area contributed by atoms with Gasteiger partial charge in [0, 0.05) is 5.69 Å². The summed E-state index contributed by atoms with van der Waals surface area (Å²) in [4.78, 5) is 24.0. The Morgan fingerprint density at radius 3 is 2.88 bits per heavy atom. The SMILES string of the molecule is CCc1ccc2c(c1)CC(=O)N2CC(N)=O. The van der Waals surface area contributed by atoms with Gasteiger partial charge < -0.3 is 10.6 Å². The van der Waals surface area contributed by atoms with E-state index >= 15 is 0 Å². The molecule has 0 atom stereocenters. The molecular weight excluding hydrogens is 204 g/mol. The standard InChI is InChI=1S/C12H14N2O2/c1-2-8-3-4-10-9(5-8)6-12(16)14(10)7-11(13)15/h3-5H,2,6-7H2,1H3,(H2,13,15). The van der Waals surface area contributed by atoms with E-state index in [4.69, 9.17) is 5.73 Å². The summed E-state index contributed by atoms with van der Waals surface area (Å²) in [5, 5.41) is 0. The molecule has 0 bridgehead atoms. The molecule has 4 nitrogen and oxygen atoms in total.